The Labute approximate surface area is 518 Å². The van der Waals surface area contributed by atoms with Gasteiger partial charge in [0.25, 0.3) is 17.7 Å². The quantitative estimate of drug-likeness (QED) is 0.0715. The largest absolute Gasteiger partial charge is 0.322 e. The molecule has 6 aromatic heterocycles. The molecule has 0 unspecified atom stereocenters. The number of nitrogens with zero attached hydrogens (tertiary/aromatic N) is 3. The summed E-state index contributed by atoms with van der Waals surface area (Å²) in [7, 11) is 0. The summed E-state index contributed by atoms with van der Waals surface area (Å²) >= 11 is 0. The van der Waals surface area contributed by atoms with Crippen molar-refractivity contribution < 1.29 is 14.4 Å². The number of carbonyl (C=O) groups is 3. The van der Waals surface area contributed by atoms with E-state index in [9.17, 15) is 28.8 Å². The summed E-state index contributed by atoms with van der Waals surface area (Å²) < 4.78 is 0. The average molecular weight is 1180 g/mol. The zero-order valence-electron chi connectivity index (χ0n) is 50.2. The van der Waals surface area contributed by atoms with E-state index >= 15 is 0 Å². The minimum absolute atomic E-state index is 0.134. The van der Waals surface area contributed by atoms with Crippen LogP contribution in [0, 0.1) is 53.4 Å². The summed E-state index contributed by atoms with van der Waals surface area (Å²) in [5, 5.41) is 11.4. The monoisotopic (exact) mass is 1180 g/mol. The summed E-state index contributed by atoms with van der Waals surface area (Å²) in [4.78, 5) is 92.8. The molecule has 6 N–H and O–H groups in total. The van der Waals surface area contributed by atoms with Crippen LogP contribution in [0.4, 0.5) is 17.1 Å². The number of carbonyl (C=O) groups excluding carboxylic acids is 3. The molecule has 15 nitrogen and oxygen atoms in total. The maximum absolute atomic E-state index is 12.7. The molecule has 3 amide bonds. The first-order chi connectivity index (χ1) is 43.4. The van der Waals surface area contributed by atoms with Crippen LogP contribution >= 0.6 is 0 Å². The lowest BCUT2D eigenvalue weighted by Crippen LogP contribution is -2.12. The van der Waals surface area contributed by atoms with Gasteiger partial charge in [-0.25, -0.2) is 15.0 Å². The van der Waals surface area contributed by atoms with Gasteiger partial charge in [-0.2, -0.15) is 0 Å². The van der Waals surface area contributed by atoms with Crippen molar-refractivity contribution in [3.05, 3.63) is 315 Å². The molecular weight excluding hydrogens is 1120 g/mol. The highest BCUT2D eigenvalue weighted by molar-refractivity contribution is 6.06. The fourth-order valence-corrected chi connectivity index (χ4v) is 9.51. The molecule has 0 saturated carbocycles. The Balaban J connectivity index is 0.000000148. The molecule has 0 spiro atoms. The predicted octanol–water partition coefficient (Wildman–Crippen LogP) is 14.1. The third-order valence-corrected chi connectivity index (χ3v) is 14.4. The molecule has 0 aliphatic heterocycles. The van der Waals surface area contributed by atoms with Crippen LogP contribution in [0.2, 0.25) is 0 Å². The Morgan fingerprint density at radius 3 is 1.31 bits per heavy atom. The van der Waals surface area contributed by atoms with Crippen molar-refractivity contribution in [3.63, 3.8) is 0 Å². The Kier molecular flexibility index (Phi) is 18.9. The van der Waals surface area contributed by atoms with E-state index in [2.05, 4.69) is 57.7 Å². The van der Waals surface area contributed by atoms with Gasteiger partial charge in [0.15, 0.2) is 0 Å². The van der Waals surface area contributed by atoms with E-state index in [-0.39, 0.29) is 34.4 Å². The number of H-pyrrole nitrogens is 3. The highest BCUT2D eigenvalue weighted by Crippen LogP contribution is 2.23. The van der Waals surface area contributed by atoms with Gasteiger partial charge in [0, 0.05) is 97.8 Å². The summed E-state index contributed by atoms with van der Waals surface area (Å²) in [6, 6.07) is 55.3. The number of hydrogen-bond donors (Lipinski definition) is 6. The number of fused-ring (bicyclic) bond motifs is 3. The molecule has 90 heavy (non-hydrogen) atoms. The molecule has 12 aromatic rings. The lowest BCUT2D eigenvalue weighted by molar-refractivity contribution is 0.101. The van der Waals surface area contributed by atoms with Gasteiger partial charge in [0.1, 0.15) is 16.9 Å². The molecule has 0 aliphatic carbocycles. The van der Waals surface area contributed by atoms with Crippen LogP contribution in [-0.2, 0) is 0 Å². The number of aromatic amines is 3. The highest BCUT2D eigenvalue weighted by Gasteiger charge is 2.12. The van der Waals surface area contributed by atoms with Gasteiger partial charge in [-0.05, 0) is 195 Å². The van der Waals surface area contributed by atoms with Crippen molar-refractivity contribution in [2.75, 3.05) is 16.0 Å². The zero-order valence-corrected chi connectivity index (χ0v) is 50.2. The molecule has 0 atom stereocenters. The van der Waals surface area contributed by atoms with E-state index in [1.165, 1.54) is 18.2 Å². The average Bonchev–Trinajstić information content (AvgIpc) is 3.09. The van der Waals surface area contributed by atoms with Gasteiger partial charge in [0.2, 0.25) is 16.7 Å². The van der Waals surface area contributed by atoms with Gasteiger partial charge in [-0.3, -0.25) is 28.8 Å². The summed E-state index contributed by atoms with van der Waals surface area (Å²) in [6.07, 6.45) is 12.9. The van der Waals surface area contributed by atoms with Gasteiger partial charge in [-0.15, -0.1) is 0 Å². The Morgan fingerprint density at radius 2 is 0.800 bits per heavy atom. The third-order valence-electron chi connectivity index (χ3n) is 14.4. The molecule has 12 rings (SSSR count). The fourth-order valence-electron chi connectivity index (χ4n) is 9.51. The van der Waals surface area contributed by atoms with Crippen LogP contribution in [0.5, 0.6) is 0 Å². The molecule has 0 radical (unpaired) electrons. The molecule has 0 fully saturated rings. The number of amides is 3. The number of aromatic nitrogens is 6. The van der Waals surface area contributed by atoms with Crippen LogP contribution in [-0.4, -0.2) is 47.6 Å². The minimum Gasteiger partial charge on any atom is -0.322 e. The van der Waals surface area contributed by atoms with Crippen molar-refractivity contribution in [1.82, 2.24) is 29.9 Å². The van der Waals surface area contributed by atoms with Gasteiger partial charge in [-0.1, -0.05) is 102 Å². The maximum atomic E-state index is 12.7. The number of rotatable bonds is 10. The van der Waals surface area contributed by atoms with Crippen LogP contribution in [0.15, 0.2) is 215 Å². The molecule has 15 heteroatoms. The topological polar surface area (TPSA) is 225 Å². The normalized spacial score (nSPS) is 10.9. The van der Waals surface area contributed by atoms with Gasteiger partial charge < -0.3 is 30.9 Å². The fraction of sp³-hybridized carbons (Fsp3) is 0.0800. The van der Waals surface area contributed by atoms with Crippen LogP contribution < -0.4 is 32.6 Å². The van der Waals surface area contributed by atoms with Crippen LogP contribution in [0.3, 0.4) is 0 Å². The third kappa shape index (κ3) is 16.2. The molecular formula is C75H61N9O6. The predicted molar refractivity (Wildman–Crippen MR) is 362 cm³/mol. The van der Waals surface area contributed by atoms with Gasteiger partial charge in [0.05, 0.1) is 0 Å². The summed E-state index contributed by atoms with van der Waals surface area (Å²) in [5.41, 5.74) is 16.8. The van der Waals surface area contributed by atoms with Gasteiger partial charge >= 0.3 is 0 Å². The number of benzene rings is 6. The van der Waals surface area contributed by atoms with Crippen LogP contribution in [0.25, 0.3) is 57.4 Å². The Hall–Kier alpha value is -12.2. The van der Waals surface area contributed by atoms with Crippen molar-refractivity contribution in [3.8, 4) is 11.8 Å². The first kappa shape index (κ1) is 61.0. The second kappa shape index (κ2) is 27.9. The summed E-state index contributed by atoms with van der Waals surface area (Å²) in [6.45, 7) is 11.9. The number of aryl methyl sites for hydroxylation is 6. The molecule has 6 aromatic carbocycles. The van der Waals surface area contributed by atoms with Crippen molar-refractivity contribution >= 4 is 92.2 Å². The Morgan fingerprint density at radius 1 is 0.378 bits per heavy atom. The van der Waals surface area contributed by atoms with E-state index in [0.717, 1.165) is 94.3 Å². The minimum atomic E-state index is -0.186. The lowest BCUT2D eigenvalue weighted by Gasteiger charge is -2.09. The number of pyridine rings is 6. The van der Waals surface area contributed by atoms with Crippen molar-refractivity contribution in [1.29, 1.82) is 0 Å². The molecule has 6 heterocycles. The Bertz CT molecular complexity index is 5070. The molecule has 442 valence electrons. The number of anilines is 3. The van der Waals surface area contributed by atoms with Crippen molar-refractivity contribution in [2.24, 2.45) is 0 Å². The van der Waals surface area contributed by atoms with E-state index < -0.39 is 0 Å². The number of hydrogen-bond acceptors (Lipinski definition) is 9. The van der Waals surface area contributed by atoms with Crippen molar-refractivity contribution in [2.45, 2.75) is 41.5 Å². The van der Waals surface area contributed by atoms with Crippen LogP contribution in [0.1, 0.15) is 97.8 Å². The molecule has 0 bridgehead atoms. The lowest BCUT2D eigenvalue weighted by atomic mass is 10.0. The maximum Gasteiger partial charge on any atom is 0.255 e. The standard InChI is InChI=1S/C25H21N3O2.C25H19N3O2.C25H21N3O2/c2*1-16-4-3-5-21(12-16)25(30)27-22-10-6-17(2)19(14-22)8-7-18-13-20-9-11-23(29)28-24(20)26-15-18;1-16-4-3-5-22(12-16)27-25(30)21-8-6-17(2)19(14-21)9-7-18-13-20-10-11-23(29)28-24(20)26-15-18/h3-15H,1-2H3,(H,27,30)(H,26,28,29);3-6,9-15H,1-2H3,(H,27,30)(H,26,28,29);3-15H,1-2H3,(H,27,30)(H,26,28,29)/b8-7+;;9-7+. The molecule has 0 aliphatic rings. The second-order valence-electron chi connectivity index (χ2n) is 21.6. The smallest absolute Gasteiger partial charge is 0.255 e. The summed E-state index contributed by atoms with van der Waals surface area (Å²) in [5.74, 6) is 5.83. The first-order valence-corrected chi connectivity index (χ1v) is 28.7. The molecule has 0 saturated heterocycles. The number of nitrogens with one attached hydrogen (secondary N) is 6. The van der Waals surface area contributed by atoms with E-state index in [1.54, 1.807) is 48.9 Å². The highest BCUT2D eigenvalue weighted by atomic mass is 16.2. The van der Waals surface area contributed by atoms with E-state index in [1.807, 2.05) is 199 Å². The van der Waals surface area contributed by atoms with E-state index in [4.69, 9.17) is 0 Å². The zero-order chi connectivity index (χ0) is 63.3. The SMILES string of the molecule is Cc1cccc(C(=O)Nc2ccc(C)c(/C=C/c3cnc4[nH]c(=O)ccc4c3)c2)c1.Cc1cccc(C(=O)Nc2ccc(C)c(C#Cc3cnc4[nH]c(=O)ccc4c3)c2)c1.Cc1cccc(NC(=O)c2ccc(C)c(/C=C/c3cnc4[nH]c(=O)ccc4c3)c2)c1. The van der Waals surface area contributed by atoms with E-state index in [0.29, 0.717) is 39.3 Å². The second-order valence-corrected chi connectivity index (χ2v) is 21.6. The first-order valence-electron chi connectivity index (χ1n) is 28.7.